The van der Waals surface area contributed by atoms with E-state index in [0.717, 1.165) is 29.4 Å². The molecule has 116 valence electrons. The quantitative estimate of drug-likeness (QED) is 0.729. The van der Waals surface area contributed by atoms with Crippen molar-refractivity contribution in [2.75, 3.05) is 17.2 Å². The van der Waals surface area contributed by atoms with Gasteiger partial charge in [-0.15, -0.1) is 0 Å². The number of nitrogens with zero attached hydrogens (tertiary/aromatic N) is 4. The third-order valence-corrected chi connectivity index (χ3v) is 3.17. The zero-order valence-electron chi connectivity index (χ0n) is 12.9. The molecule has 0 aliphatic rings. The van der Waals surface area contributed by atoms with Crippen molar-refractivity contribution in [3.8, 4) is 11.4 Å². The van der Waals surface area contributed by atoms with Crippen molar-refractivity contribution in [2.45, 2.75) is 13.5 Å². The Bertz CT molecular complexity index is 746. The van der Waals surface area contributed by atoms with Gasteiger partial charge in [-0.1, -0.05) is 12.1 Å². The van der Waals surface area contributed by atoms with Gasteiger partial charge in [-0.3, -0.25) is 9.97 Å². The standard InChI is InChI=1S/C17H18N6/c1-2-18-17-22-15(14-8-4-6-10-20-14)11-16(23-17)21-12-13-7-3-5-9-19-13/h3-11H,2,12H2,1H3,(H2,18,21,22,23). The molecule has 6 heteroatoms. The second-order valence-corrected chi connectivity index (χ2v) is 4.88. The highest BCUT2D eigenvalue weighted by atomic mass is 15.1. The summed E-state index contributed by atoms with van der Waals surface area (Å²) in [6.45, 7) is 3.37. The maximum absolute atomic E-state index is 4.51. The Balaban J connectivity index is 1.85. The molecule has 0 aromatic carbocycles. The molecule has 0 radical (unpaired) electrons. The van der Waals surface area contributed by atoms with Crippen LogP contribution in [0.5, 0.6) is 0 Å². The molecule has 6 nitrogen and oxygen atoms in total. The van der Waals surface area contributed by atoms with Crippen LogP contribution < -0.4 is 10.6 Å². The van der Waals surface area contributed by atoms with Crippen molar-refractivity contribution in [1.82, 2.24) is 19.9 Å². The molecular formula is C17H18N6. The van der Waals surface area contributed by atoms with Gasteiger partial charge in [-0.05, 0) is 31.2 Å². The van der Waals surface area contributed by atoms with Crippen molar-refractivity contribution in [3.05, 3.63) is 60.6 Å². The van der Waals surface area contributed by atoms with Crippen LogP contribution in [-0.2, 0) is 6.54 Å². The Morgan fingerprint density at radius 1 is 0.870 bits per heavy atom. The van der Waals surface area contributed by atoms with Gasteiger partial charge in [0, 0.05) is 25.0 Å². The lowest BCUT2D eigenvalue weighted by Gasteiger charge is -2.10. The van der Waals surface area contributed by atoms with E-state index in [2.05, 4.69) is 30.6 Å². The summed E-state index contributed by atoms with van der Waals surface area (Å²) >= 11 is 0. The molecule has 3 heterocycles. The van der Waals surface area contributed by atoms with Crippen LogP contribution in [-0.4, -0.2) is 26.5 Å². The lowest BCUT2D eigenvalue weighted by atomic mass is 10.2. The van der Waals surface area contributed by atoms with E-state index in [1.807, 2.05) is 49.4 Å². The average molecular weight is 306 g/mol. The van der Waals surface area contributed by atoms with Gasteiger partial charge in [0.05, 0.1) is 23.6 Å². The molecule has 0 fully saturated rings. The molecule has 0 aliphatic heterocycles. The Morgan fingerprint density at radius 3 is 2.39 bits per heavy atom. The average Bonchev–Trinajstić information content (AvgIpc) is 2.62. The Kier molecular flexibility index (Phi) is 4.73. The molecule has 3 rings (SSSR count). The first-order chi connectivity index (χ1) is 11.3. The second kappa shape index (κ2) is 7.31. The summed E-state index contributed by atoms with van der Waals surface area (Å²) in [5.74, 6) is 1.32. The molecule has 3 aromatic heterocycles. The number of pyridine rings is 2. The lowest BCUT2D eigenvalue weighted by molar-refractivity contribution is 1.01. The summed E-state index contributed by atoms with van der Waals surface area (Å²) in [5.41, 5.74) is 2.55. The monoisotopic (exact) mass is 306 g/mol. The fourth-order valence-electron chi connectivity index (χ4n) is 2.10. The zero-order chi connectivity index (χ0) is 15.9. The van der Waals surface area contributed by atoms with E-state index in [-0.39, 0.29) is 0 Å². The van der Waals surface area contributed by atoms with E-state index < -0.39 is 0 Å². The van der Waals surface area contributed by atoms with Crippen LogP contribution in [0.3, 0.4) is 0 Å². The maximum atomic E-state index is 4.51. The number of rotatable bonds is 6. The normalized spacial score (nSPS) is 10.3. The lowest BCUT2D eigenvalue weighted by Crippen LogP contribution is -2.08. The summed E-state index contributed by atoms with van der Waals surface area (Å²) in [5, 5.41) is 6.44. The van der Waals surface area contributed by atoms with Crippen molar-refractivity contribution < 1.29 is 0 Å². The summed E-state index contributed by atoms with van der Waals surface area (Å²) in [6, 6.07) is 13.5. The maximum Gasteiger partial charge on any atom is 0.225 e. The van der Waals surface area contributed by atoms with Crippen molar-refractivity contribution >= 4 is 11.8 Å². The number of aromatic nitrogens is 4. The van der Waals surface area contributed by atoms with Gasteiger partial charge in [-0.25, -0.2) is 4.98 Å². The third-order valence-electron chi connectivity index (χ3n) is 3.17. The van der Waals surface area contributed by atoms with Crippen LogP contribution in [0.1, 0.15) is 12.6 Å². The second-order valence-electron chi connectivity index (χ2n) is 4.88. The third kappa shape index (κ3) is 4.00. The van der Waals surface area contributed by atoms with Crippen LogP contribution >= 0.6 is 0 Å². The smallest absolute Gasteiger partial charge is 0.225 e. The summed E-state index contributed by atoms with van der Waals surface area (Å²) in [7, 11) is 0. The predicted molar refractivity (Wildman–Crippen MR) is 91.0 cm³/mol. The number of anilines is 2. The summed E-state index contributed by atoms with van der Waals surface area (Å²) in [4.78, 5) is 17.6. The van der Waals surface area contributed by atoms with Gasteiger partial charge < -0.3 is 10.6 Å². The van der Waals surface area contributed by atoms with Gasteiger partial charge >= 0.3 is 0 Å². The molecule has 3 aromatic rings. The molecule has 0 atom stereocenters. The van der Waals surface area contributed by atoms with Crippen LogP contribution in [0, 0.1) is 0 Å². The highest BCUT2D eigenvalue weighted by molar-refractivity contribution is 5.60. The molecule has 23 heavy (non-hydrogen) atoms. The van der Waals surface area contributed by atoms with Crippen LogP contribution in [0.15, 0.2) is 54.9 Å². The fourth-order valence-corrected chi connectivity index (χ4v) is 2.10. The zero-order valence-corrected chi connectivity index (χ0v) is 12.9. The summed E-state index contributed by atoms with van der Waals surface area (Å²) < 4.78 is 0. The van der Waals surface area contributed by atoms with Crippen LogP contribution in [0.4, 0.5) is 11.8 Å². The highest BCUT2D eigenvalue weighted by Crippen LogP contribution is 2.19. The van der Waals surface area contributed by atoms with E-state index in [4.69, 9.17) is 0 Å². The molecule has 0 bridgehead atoms. The van der Waals surface area contributed by atoms with Crippen molar-refractivity contribution in [1.29, 1.82) is 0 Å². The largest absolute Gasteiger partial charge is 0.364 e. The number of hydrogen-bond acceptors (Lipinski definition) is 6. The number of hydrogen-bond donors (Lipinski definition) is 2. The molecule has 0 aliphatic carbocycles. The van der Waals surface area contributed by atoms with E-state index in [9.17, 15) is 0 Å². The van der Waals surface area contributed by atoms with Crippen molar-refractivity contribution in [3.63, 3.8) is 0 Å². The van der Waals surface area contributed by atoms with Gasteiger partial charge in [0.1, 0.15) is 5.82 Å². The molecule has 0 amide bonds. The Labute approximate surface area is 135 Å². The minimum atomic E-state index is 0.583. The van der Waals surface area contributed by atoms with Crippen LogP contribution in [0.25, 0.3) is 11.4 Å². The first-order valence-corrected chi connectivity index (χ1v) is 7.53. The minimum absolute atomic E-state index is 0.583. The van der Waals surface area contributed by atoms with Gasteiger partial charge in [0.25, 0.3) is 0 Å². The minimum Gasteiger partial charge on any atom is -0.364 e. The number of nitrogens with one attached hydrogen (secondary N) is 2. The SMILES string of the molecule is CCNc1nc(NCc2ccccn2)cc(-c2ccccn2)n1. The highest BCUT2D eigenvalue weighted by Gasteiger charge is 2.07. The Morgan fingerprint density at radius 2 is 1.70 bits per heavy atom. The summed E-state index contributed by atoms with van der Waals surface area (Å²) in [6.07, 6.45) is 3.53. The first kappa shape index (κ1) is 14.9. The molecule has 2 N–H and O–H groups in total. The molecule has 0 saturated carbocycles. The molecule has 0 spiro atoms. The van der Waals surface area contributed by atoms with E-state index >= 15 is 0 Å². The first-order valence-electron chi connectivity index (χ1n) is 7.53. The van der Waals surface area contributed by atoms with E-state index in [0.29, 0.717) is 12.5 Å². The molecule has 0 unspecified atom stereocenters. The molecular weight excluding hydrogens is 288 g/mol. The van der Waals surface area contributed by atoms with Gasteiger partial charge in [0.2, 0.25) is 5.95 Å². The fraction of sp³-hybridized carbons (Fsp3) is 0.176. The Hall–Kier alpha value is -3.02. The predicted octanol–water partition coefficient (Wildman–Crippen LogP) is 2.98. The van der Waals surface area contributed by atoms with Crippen molar-refractivity contribution in [2.24, 2.45) is 0 Å². The van der Waals surface area contributed by atoms with E-state index in [1.165, 1.54) is 0 Å². The van der Waals surface area contributed by atoms with Crippen LogP contribution in [0.2, 0.25) is 0 Å². The van der Waals surface area contributed by atoms with Gasteiger partial charge in [-0.2, -0.15) is 4.98 Å². The van der Waals surface area contributed by atoms with E-state index in [1.54, 1.807) is 12.4 Å². The molecule has 0 saturated heterocycles. The topological polar surface area (TPSA) is 75.6 Å². The van der Waals surface area contributed by atoms with Gasteiger partial charge in [0.15, 0.2) is 0 Å².